The first-order chi connectivity index (χ1) is 17.6. The quantitative estimate of drug-likeness (QED) is 0.0648. The summed E-state index contributed by atoms with van der Waals surface area (Å²) in [6.45, 7) is 4.48. The molecule has 36 heavy (non-hydrogen) atoms. The summed E-state index contributed by atoms with van der Waals surface area (Å²) in [4.78, 5) is 23.0. The normalized spacial score (nSPS) is 12.3. The van der Waals surface area contributed by atoms with Crippen molar-refractivity contribution in [2.45, 2.75) is 180 Å². The molecule has 0 saturated carbocycles. The van der Waals surface area contributed by atoms with Crippen molar-refractivity contribution in [2.24, 2.45) is 0 Å². The van der Waals surface area contributed by atoms with Crippen molar-refractivity contribution in [3.8, 4) is 0 Å². The molecule has 0 rings (SSSR count). The Morgan fingerprint density at radius 1 is 0.583 bits per heavy atom. The van der Waals surface area contributed by atoms with Crippen LogP contribution in [0.25, 0.3) is 0 Å². The Morgan fingerprint density at radius 2 is 1.00 bits per heavy atom. The van der Waals surface area contributed by atoms with Crippen molar-refractivity contribution < 1.29 is 19.4 Å². The molecule has 0 saturated heterocycles. The molecule has 0 aliphatic rings. The smallest absolute Gasteiger partial charge is 0.306 e. The van der Waals surface area contributed by atoms with E-state index in [-0.39, 0.29) is 18.5 Å². The Morgan fingerprint density at radius 3 is 1.53 bits per heavy atom. The number of allylic oxidation sites excluding steroid dienone is 2. The largest absolute Gasteiger partial charge is 0.481 e. The maximum atomic E-state index is 12.4. The monoisotopic (exact) mass is 508 g/mol. The fourth-order valence-electron chi connectivity index (χ4n) is 4.65. The van der Waals surface area contributed by atoms with E-state index >= 15 is 0 Å². The first-order valence-electron chi connectivity index (χ1n) is 15.7. The summed E-state index contributed by atoms with van der Waals surface area (Å²) in [5, 5.41) is 8.70. The number of rotatable bonds is 28. The SMILES string of the molecule is CCCCCC/C=C\CCCCCCCC(=O)OC(CCCCCC)CCCCCCCCC(=O)O. The zero-order valence-corrected chi connectivity index (χ0v) is 24.1. The molecule has 0 aromatic heterocycles. The summed E-state index contributed by atoms with van der Waals surface area (Å²) >= 11 is 0. The van der Waals surface area contributed by atoms with Crippen LogP contribution in [0.2, 0.25) is 0 Å². The number of carbonyl (C=O) groups is 2. The van der Waals surface area contributed by atoms with Crippen molar-refractivity contribution >= 4 is 11.9 Å². The number of carboxylic acid groups (broad SMARTS) is 1. The zero-order chi connectivity index (χ0) is 26.5. The summed E-state index contributed by atoms with van der Waals surface area (Å²) in [6.07, 6.45) is 32.3. The van der Waals surface area contributed by atoms with Crippen molar-refractivity contribution in [1.82, 2.24) is 0 Å². The van der Waals surface area contributed by atoms with E-state index < -0.39 is 5.97 Å². The molecule has 0 heterocycles. The molecule has 212 valence electrons. The fourth-order valence-corrected chi connectivity index (χ4v) is 4.65. The number of unbranched alkanes of at least 4 members (excludes halogenated alkanes) is 17. The van der Waals surface area contributed by atoms with E-state index in [4.69, 9.17) is 9.84 Å². The van der Waals surface area contributed by atoms with Crippen LogP contribution >= 0.6 is 0 Å². The lowest BCUT2D eigenvalue weighted by molar-refractivity contribution is -0.150. The molecule has 4 heteroatoms. The third-order valence-electron chi connectivity index (χ3n) is 6.99. The Kier molecular flexibility index (Phi) is 27.2. The molecule has 4 nitrogen and oxygen atoms in total. The summed E-state index contributed by atoms with van der Waals surface area (Å²) in [5.41, 5.74) is 0. The highest BCUT2D eigenvalue weighted by atomic mass is 16.5. The summed E-state index contributed by atoms with van der Waals surface area (Å²) in [6, 6.07) is 0. The van der Waals surface area contributed by atoms with Crippen molar-refractivity contribution in [2.75, 3.05) is 0 Å². The molecule has 0 aliphatic carbocycles. The molecule has 0 radical (unpaired) electrons. The van der Waals surface area contributed by atoms with Gasteiger partial charge >= 0.3 is 11.9 Å². The molecule has 0 aromatic rings. The topological polar surface area (TPSA) is 63.6 Å². The van der Waals surface area contributed by atoms with Gasteiger partial charge in [-0.15, -0.1) is 0 Å². The average molecular weight is 509 g/mol. The molecule has 0 aromatic carbocycles. The Hall–Kier alpha value is -1.32. The lowest BCUT2D eigenvalue weighted by atomic mass is 10.0. The second-order valence-corrected chi connectivity index (χ2v) is 10.6. The standard InChI is InChI=1S/C32H60O4/c1-3-5-7-9-10-11-12-13-14-15-16-21-25-29-32(35)36-30(26-22-8-6-4-2)27-23-19-17-18-20-24-28-31(33)34/h11-12,30H,3-10,13-29H2,1-2H3,(H,33,34)/b12-11-. The molecule has 1 N–H and O–H groups in total. The van der Waals surface area contributed by atoms with Crippen molar-refractivity contribution in [3.05, 3.63) is 12.2 Å². The maximum absolute atomic E-state index is 12.4. The lowest BCUT2D eigenvalue weighted by Crippen LogP contribution is -2.18. The predicted octanol–water partition coefficient (Wildman–Crippen LogP) is 10.3. The number of carbonyl (C=O) groups excluding carboxylic acids is 1. The Balaban J connectivity index is 3.87. The number of hydrogen-bond acceptors (Lipinski definition) is 3. The van der Waals surface area contributed by atoms with Gasteiger partial charge < -0.3 is 9.84 Å². The first kappa shape index (κ1) is 34.7. The Labute approximate surface area is 224 Å². The van der Waals surface area contributed by atoms with E-state index in [9.17, 15) is 9.59 Å². The second kappa shape index (κ2) is 28.3. The lowest BCUT2D eigenvalue weighted by Gasteiger charge is -2.18. The number of ether oxygens (including phenoxy) is 1. The van der Waals surface area contributed by atoms with Gasteiger partial charge in [0.25, 0.3) is 0 Å². The number of aliphatic carboxylic acids is 1. The van der Waals surface area contributed by atoms with E-state index in [2.05, 4.69) is 26.0 Å². The van der Waals surface area contributed by atoms with Gasteiger partial charge in [0.05, 0.1) is 0 Å². The molecule has 0 amide bonds. The molecular formula is C32H60O4. The van der Waals surface area contributed by atoms with Gasteiger partial charge in [-0.3, -0.25) is 9.59 Å². The van der Waals surface area contributed by atoms with Gasteiger partial charge in [-0.1, -0.05) is 109 Å². The van der Waals surface area contributed by atoms with Crippen molar-refractivity contribution in [1.29, 1.82) is 0 Å². The van der Waals surface area contributed by atoms with Gasteiger partial charge in [-0.05, 0) is 64.2 Å². The van der Waals surface area contributed by atoms with Gasteiger partial charge in [0.1, 0.15) is 6.10 Å². The molecule has 1 atom stereocenters. The zero-order valence-electron chi connectivity index (χ0n) is 24.1. The van der Waals surface area contributed by atoms with E-state index in [1.54, 1.807) is 0 Å². The van der Waals surface area contributed by atoms with E-state index in [0.29, 0.717) is 6.42 Å². The average Bonchev–Trinajstić information content (AvgIpc) is 2.85. The second-order valence-electron chi connectivity index (χ2n) is 10.6. The predicted molar refractivity (Wildman–Crippen MR) is 153 cm³/mol. The van der Waals surface area contributed by atoms with Crippen LogP contribution < -0.4 is 0 Å². The van der Waals surface area contributed by atoms with Crippen LogP contribution in [-0.2, 0) is 14.3 Å². The molecule has 0 aliphatic heterocycles. The molecular weight excluding hydrogens is 448 g/mol. The van der Waals surface area contributed by atoms with Gasteiger partial charge in [0.15, 0.2) is 0 Å². The summed E-state index contributed by atoms with van der Waals surface area (Å²) < 4.78 is 5.90. The molecule has 0 spiro atoms. The molecule has 1 unspecified atom stereocenters. The summed E-state index contributed by atoms with van der Waals surface area (Å²) in [7, 11) is 0. The number of hydrogen-bond donors (Lipinski definition) is 1. The number of esters is 1. The van der Waals surface area contributed by atoms with E-state index in [1.165, 1.54) is 77.0 Å². The van der Waals surface area contributed by atoms with Crippen LogP contribution in [-0.4, -0.2) is 23.1 Å². The minimum Gasteiger partial charge on any atom is -0.481 e. The maximum Gasteiger partial charge on any atom is 0.306 e. The highest BCUT2D eigenvalue weighted by Gasteiger charge is 2.14. The third kappa shape index (κ3) is 27.3. The highest BCUT2D eigenvalue weighted by Crippen LogP contribution is 2.18. The highest BCUT2D eigenvalue weighted by molar-refractivity contribution is 5.69. The minimum absolute atomic E-state index is 0.00447. The summed E-state index contributed by atoms with van der Waals surface area (Å²) in [5.74, 6) is -0.700. The van der Waals surface area contributed by atoms with E-state index in [1.807, 2.05) is 0 Å². The molecule has 0 bridgehead atoms. The van der Waals surface area contributed by atoms with Gasteiger partial charge in [0.2, 0.25) is 0 Å². The van der Waals surface area contributed by atoms with Crippen LogP contribution in [0.3, 0.4) is 0 Å². The Bertz CT molecular complexity index is 514. The van der Waals surface area contributed by atoms with Gasteiger partial charge in [-0.2, -0.15) is 0 Å². The van der Waals surface area contributed by atoms with Crippen LogP contribution in [0.4, 0.5) is 0 Å². The van der Waals surface area contributed by atoms with E-state index in [0.717, 1.165) is 70.6 Å². The van der Waals surface area contributed by atoms with Crippen LogP contribution in [0.15, 0.2) is 12.2 Å². The fraction of sp³-hybridized carbons (Fsp3) is 0.875. The van der Waals surface area contributed by atoms with Crippen molar-refractivity contribution in [3.63, 3.8) is 0 Å². The molecule has 0 fully saturated rings. The number of carboxylic acids is 1. The first-order valence-corrected chi connectivity index (χ1v) is 15.7. The van der Waals surface area contributed by atoms with Gasteiger partial charge in [0, 0.05) is 12.8 Å². The van der Waals surface area contributed by atoms with Crippen LogP contribution in [0, 0.1) is 0 Å². The third-order valence-corrected chi connectivity index (χ3v) is 6.99. The van der Waals surface area contributed by atoms with Crippen LogP contribution in [0.5, 0.6) is 0 Å². The van der Waals surface area contributed by atoms with Crippen LogP contribution in [0.1, 0.15) is 174 Å². The minimum atomic E-state index is -0.695. The van der Waals surface area contributed by atoms with Gasteiger partial charge in [-0.25, -0.2) is 0 Å².